The predicted octanol–water partition coefficient (Wildman–Crippen LogP) is 3.01. The number of para-hydroxylation sites is 1. The van der Waals surface area contributed by atoms with E-state index >= 15 is 0 Å². The van der Waals surface area contributed by atoms with Gasteiger partial charge in [-0.3, -0.25) is 0 Å². The molecule has 0 aromatic heterocycles. The van der Waals surface area contributed by atoms with Crippen LogP contribution in [-0.4, -0.2) is 12.6 Å². The van der Waals surface area contributed by atoms with Gasteiger partial charge in [0.15, 0.2) is 0 Å². The fraction of sp³-hybridized carbons (Fsp3) is 0.250. The van der Waals surface area contributed by atoms with Gasteiger partial charge in [-0.05, 0) is 24.0 Å². The van der Waals surface area contributed by atoms with Crippen LogP contribution < -0.4 is 10.5 Å². The Morgan fingerprint density at radius 2 is 1.89 bits per heavy atom. The first-order chi connectivity index (χ1) is 8.88. The summed E-state index contributed by atoms with van der Waals surface area (Å²) >= 11 is 0. The van der Waals surface area contributed by atoms with E-state index < -0.39 is 0 Å². The number of aryl methyl sites for hydroxylation is 1. The van der Waals surface area contributed by atoms with Crippen LogP contribution in [0.3, 0.4) is 0 Å². The number of ether oxygens (including phenoxy) is 1. The van der Waals surface area contributed by atoms with E-state index in [0.29, 0.717) is 6.54 Å². The van der Waals surface area contributed by atoms with E-state index in [4.69, 9.17) is 10.5 Å². The molecule has 92 valence electrons. The summed E-state index contributed by atoms with van der Waals surface area (Å²) < 4.78 is 6.04. The van der Waals surface area contributed by atoms with E-state index in [2.05, 4.69) is 42.5 Å². The van der Waals surface area contributed by atoms with Crippen LogP contribution >= 0.6 is 0 Å². The molecule has 1 aliphatic rings. The summed E-state index contributed by atoms with van der Waals surface area (Å²) in [6.07, 6.45) is 2.22. The molecule has 0 bridgehead atoms. The summed E-state index contributed by atoms with van der Waals surface area (Å²) in [6, 6.07) is 16.7. The molecule has 0 amide bonds. The lowest BCUT2D eigenvalue weighted by molar-refractivity contribution is 0.182. The fourth-order valence-corrected chi connectivity index (χ4v) is 2.47. The molecule has 1 atom stereocenters. The highest BCUT2D eigenvalue weighted by Gasteiger charge is 2.21. The maximum atomic E-state index is 6.04. The molecule has 1 aliphatic heterocycles. The highest BCUT2D eigenvalue weighted by Crippen LogP contribution is 2.37. The van der Waals surface area contributed by atoms with Crippen LogP contribution in [-0.2, 0) is 6.42 Å². The SMILES string of the molecule is NCC1CCc2cccc(-c3ccccc3)c2O1. The standard InChI is InChI=1S/C16H17NO/c17-11-14-10-9-13-7-4-8-15(16(13)18-14)12-5-2-1-3-6-12/h1-8,14H,9-11,17H2. The summed E-state index contributed by atoms with van der Waals surface area (Å²) in [7, 11) is 0. The van der Waals surface area contributed by atoms with Gasteiger partial charge in [0.25, 0.3) is 0 Å². The number of hydrogen-bond acceptors (Lipinski definition) is 2. The van der Waals surface area contributed by atoms with E-state index in [1.807, 2.05) is 6.07 Å². The Balaban J connectivity index is 2.06. The molecule has 0 aliphatic carbocycles. The fourth-order valence-electron chi connectivity index (χ4n) is 2.47. The molecule has 2 aromatic carbocycles. The molecule has 2 nitrogen and oxygen atoms in total. The number of hydrogen-bond donors (Lipinski definition) is 1. The second-order valence-corrected chi connectivity index (χ2v) is 4.67. The van der Waals surface area contributed by atoms with E-state index in [9.17, 15) is 0 Å². The summed E-state index contributed by atoms with van der Waals surface area (Å²) in [5.41, 5.74) is 9.39. The highest BCUT2D eigenvalue weighted by atomic mass is 16.5. The average Bonchev–Trinajstić information content (AvgIpc) is 2.47. The molecule has 0 spiro atoms. The van der Waals surface area contributed by atoms with Crippen LogP contribution in [0.15, 0.2) is 48.5 Å². The van der Waals surface area contributed by atoms with Crippen molar-refractivity contribution < 1.29 is 4.74 Å². The van der Waals surface area contributed by atoms with Gasteiger partial charge < -0.3 is 10.5 Å². The lowest BCUT2D eigenvalue weighted by atomic mass is 9.96. The van der Waals surface area contributed by atoms with Crippen molar-refractivity contribution in [2.24, 2.45) is 5.73 Å². The molecule has 1 unspecified atom stereocenters. The van der Waals surface area contributed by atoms with Crippen molar-refractivity contribution in [1.29, 1.82) is 0 Å². The first-order valence-electron chi connectivity index (χ1n) is 6.42. The molecule has 2 aromatic rings. The Bertz CT molecular complexity index is 536. The first kappa shape index (κ1) is 11.3. The minimum Gasteiger partial charge on any atom is -0.488 e. The third kappa shape index (κ3) is 2.00. The summed E-state index contributed by atoms with van der Waals surface area (Å²) in [5, 5.41) is 0. The molecule has 18 heavy (non-hydrogen) atoms. The quantitative estimate of drug-likeness (QED) is 0.874. The second-order valence-electron chi connectivity index (χ2n) is 4.67. The Hall–Kier alpha value is -1.80. The Kier molecular flexibility index (Phi) is 3.03. The van der Waals surface area contributed by atoms with Crippen LogP contribution in [0.5, 0.6) is 5.75 Å². The van der Waals surface area contributed by atoms with Crippen LogP contribution in [0.2, 0.25) is 0 Å². The second kappa shape index (κ2) is 4.83. The zero-order chi connectivity index (χ0) is 12.4. The van der Waals surface area contributed by atoms with Crippen molar-refractivity contribution in [3.63, 3.8) is 0 Å². The minimum atomic E-state index is 0.155. The average molecular weight is 239 g/mol. The van der Waals surface area contributed by atoms with Crippen molar-refractivity contribution in [2.75, 3.05) is 6.54 Å². The van der Waals surface area contributed by atoms with Gasteiger partial charge in [0.05, 0.1) is 0 Å². The largest absolute Gasteiger partial charge is 0.488 e. The van der Waals surface area contributed by atoms with Gasteiger partial charge in [-0.15, -0.1) is 0 Å². The Labute approximate surface area is 107 Å². The van der Waals surface area contributed by atoms with Gasteiger partial charge in [-0.2, -0.15) is 0 Å². The molecular formula is C16H17NO. The van der Waals surface area contributed by atoms with E-state index in [-0.39, 0.29) is 6.10 Å². The third-order valence-electron chi connectivity index (χ3n) is 3.46. The van der Waals surface area contributed by atoms with Gasteiger partial charge in [0, 0.05) is 12.1 Å². The number of nitrogens with two attached hydrogens (primary N) is 1. The van der Waals surface area contributed by atoms with Crippen LogP contribution in [0.1, 0.15) is 12.0 Å². The zero-order valence-electron chi connectivity index (χ0n) is 10.3. The minimum absolute atomic E-state index is 0.155. The van der Waals surface area contributed by atoms with Gasteiger partial charge in [-0.25, -0.2) is 0 Å². The lowest BCUT2D eigenvalue weighted by Gasteiger charge is -2.27. The molecular weight excluding hydrogens is 222 g/mol. The number of benzene rings is 2. The maximum Gasteiger partial charge on any atom is 0.130 e. The third-order valence-corrected chi connectivity index (χ3v) is 3.46. The molecule has 0 saturated carbocycles. The van der Waals surface area contributed by atoms with Crippen molar-refractivity contribution in [3.05, 3.63) is 54.1 Å². The number of fused-ring (bicyclic) bond motifs is 1. The normalized spacial score (nSPS) is 17.9. The summed E-state index contributed by atoms with van der Waals surface area (Å²) in [5.74, 6) is 1.02. The van der Waals surface area contributed by atoms with Crippen LogP contribution in [0.25, 0.3) is 11.1 Å². The molecule has 0 saturated heterocycles. The number of rotatable bonds is 2. The zero-order valence-corrected chi connectivity index (χ0v) is 10.3. The van der Waals surface area contributed by atoms with Gasteiger partial charge in [0.2, 0.25) is 0 Å². The lowest BCUT2D eigenvalue weighted by Crippen LogP contribution is -2.30. The van der Waals surface area contributed by atoms with E-state index in [0.717, 1.165) is 18.6 Å². The van der Waals surface area contributed by atoms with Crippen LogP contribution in [0.4, 0.5) is 0 Å². The van der Waals surface area contributed by atoms with E-state index in [1.54, 1.807) is 0 Å². The van der Waals surface area contributed by atoms with Crippen molar-refractivity contribution >= 4 is 0 Å². The summed E-state index contributed by atoms with van der Waals surface area (Å²) in [6.45, 7) is 0.586. The highest BCUT2D eigenvalue weighted by molar-refractivity contribution is 5.72. The molecule has 3 rings (SSSR count). The molecule has 2 heteroatoms. The topological polar surface area (TPSA) is 35.2 Å². The molecule has 0 fully saturated rings. The van der Waals surface area contributed by atoms with Crippen molar-refractivity contribution in [3.8, 4) is 16.9 Å². The monoisotopic (exact) mass is 239 g/mol. The van der Waals surface area contributed by atoms with Gasteiger partial charge in [0.1, 0.15) is 11.9 Å². The van der Waals surface area contributed by atoms with Crippen LogP contribution in [0, 0.1) is 0 Å². The van der Waals surface area contributed by atoms with E-state index in [1.165, 1.54) is 16.7 Å². The Morgan fingerprint density at radius 3 is 2.67 bits per heavy atom. The van der Waals surface area contributed by atoms with Crippen molar-refractivity contribution in [1.82, 2.24) is 0 Å². The summed E-state index contributed by atoms with van der Waals surface area (Å²) in [4.78, 5) is 0. The van der Waals surface area contributed by atoms with Gasteiger partial charge in [-0.1, -0.05) is 48.5 Å². The first-order valence-corrected chi connectivity index (χ1v) is 6.42. The smallest absolute Gasteiger partial charge is 0.130 e. The molecule has 0 radical (unpaired) electrons. The van der Waals surface area contributed by atoms with Crippen molar-refractivity contribution in [2.45, 2.75) is 18.9 Å². The molecule has 2 N–H and O–H groups in total. The van der Waals surface area contributed by atoms with Gasteiger partial charge >= 0.3 is 0 Å². The Morgan fingerprint density at radius 1 is 1.06 bits per heavy atom. The maximum absolute atomic E-state index is 6.04. The predicted molar refractivity (Wildman–Crippen MR) is 73.7 cm³/mol. The molecule has 1 heterocycles.